The van der Waals surface area contributed by atoms with E-state index in [4.69, 9.17) is 0 Å². The fourth-order valence-electron chi connectivity index (χ4n) is 1.93. The maximum absolute atomic E-state index is 13.4. The molecule has 1 saturated carbocycles. The van der Waals surface area contributed by atoms with E-state index in [1.54, 1.807) is 18.2 Å². The van der Waals surface area contributed by atoms with Gasteiger partial charge < -0.3 is 5.32 Å². The van der Waals surface area contributed by atoms with Gasteiger partial charge in [0.25, 0.3) is 0 Å². The minimum absolute atomic E-state index is 0.252. The number of halogens is 1. The molecule has 7 heteroatoms. The zero-order valence-electron chi connectivity index (χ0n) is 11.3. The smallest absolute Gasteiger partial charge is 0.321 e. The lowest BCUT2D eigenvalue weighted by atomic mass is 10.1. The SMILES string of the molecule is O=C(NCCc1ccccc1F)Nc1nnc(C2CC2)s1. The highest BCUT2D eigenvalue weighted by atomic mass is 32.1. The molecule has 1 fully saturated rings. The molecule has 0 spiro atoms. The molecule has 5 nitrogen and oxygen atoms in total. The van der Waals surface area contributed by atoms with Crippen molar-refractivity contribution in [3.05, 3.63) is 40.7 Å². The largest absolute Gasteiger partial charge is 0.337 e. The van der Waals surface area contributed by atoms with Crippen LogP contribution in [0.25, 0.3) is 0 Å². The van der Waals surface area contributed by atoms with E-state index in [1.807, 2.05) is 0 Å². The number of aromatic nitrogens is 2. The third kappa shape index (κ3) is 3.75. The number of carbonyl (C=O) groups excluding carboxylic acids is 1. The van der Waals surface area contributed by atoms with E-state index in [-0.39, 0.29) is 11.8 Å². The molecule has 21 heavy (non-hydrogen) atoms. The van der Waals surface area contributed by atoms with E-state index in [2.05, 4.69) is 20.8 Å². The van der Waals surface area contributed by atoms with Gasteiger partial charge in [0.1, 0.15) is 10.8 Å². The number of nitrogens with one attached hydrogen (secondary N) is 2. The van der Waals surface area contributed by atoms with Gasteiger partial charge in [-0.1, -0.05) is 29.5 Å². The molecule has 0 bridgehead atoms. The Kier molecular flexibility index (Phi) is 4.10. The first kappa shape index (κ1) is 13.9. The van der Waals surface area contributed by atoms with E-state index in [0.29, 0.717) is 29.6 Å². The molecule has 0 aliphatic heterocycles. The zero-order valence-corrected chi connectivity index (χ0v) is 12.1. The molecule has 3 rings (SSSR count). The predicted molar refractivity (Wildman–Crippen MR) is 79.0 cm³/mol. The van der Waals surface area contributed by atoms with E-state index < -0.39 is 0 Å². The summed E-state index contributed by atoms with van der Waals surface area (Å²) in [6.07, 6.45) is 2.76. The molecule has 0 unspecified atom stereocenters. The number of carbonyl (C=O) groups is 1. The second-order valence-corrected chi connectivity index (χ2v) is 5.95. The summed E-state index contributed by atoms with van der Waals surface area (Å²) >= 11 is 1.41. The second kappa shape index (κ2) is 6.17. The summed E-state index contributed by atoms with van der Waals surface area (Å²) in [5, 5.41) is 14.8. The van der Waals surface area contributed by atoms with E-state index in [0.717, 1.165) is 17.8 Å². The Morgan fingerprint density at radius 1 is 1.33 bits per heavy atom. The summed E-state index contributed by atoms with van der Waals surface area (Å²) in [6, 6.07) is 6.20. The molecule has 2 N–H and O–H groups in total. The number of amides is 2. The van der Waals surface area contributed by atoms with Crippen molar-refractivity contribution in [2.75, 3.05) is 11.9 Å². The third-order valence-corrected chi connectivity index (χ3v) is 4.23. The fourth-order valence-corrected chi connectivity index (χ4v) is 2.84. The normalized spacial score (nSPS) is 14.0. The van der Waals surface area contributed by atoms with Gasteiger partial charge in [-0.25, -0.2) is 9.18 Å². The van der Waals surface area contributed by atoms with Crippen LogP contribution in [0.1, 0.15) is 29.3 Å². The topological polar surface area (TPSA) is 66.9 Å². The lowest BCUT2D eigenvalue weighted by Crippen LogP contribution is -2.30. The number of nitrogens with zero attached hydrogens (tertiary/aromatic N) is 2. The number of benzene rings is 1. The van der Waals surface area contributed by atoms with Gasteiger partial charge in [0.15, 0.2) is 0 Å². The fraction of sp³-hybridized carbons (Fsp3) is 0.357. The lowest BCUT2D eigenvalue weighted by Gasteiger charge is -2.05. The average Bonchev–Trinajstić information content (AvgIpc) is 3.22. The van der Waals surface area contributed by atoms with Gasteiger partial charge in [-0.3, -0.25) is 5.32 Å². The van der Waals surface area contributed by atoms with Gasteiger partial charge >= 0.3 is 6.03 Å². The molecule has 110 valence electrons. The van der Waals surface area contributed by atoms with Gasteiger partial charge in [-0.15, -0.1) is 10.2 Å². The molecule has 1 aliphatic rings. The Balaban J connectivity index is 1.44. The van der Waals surface area contributed by atoms with Crippen LogP contribution in [0.4, 0.5) is 14.3 Å². The van der Waals surface area contributed by atoms with Gasteiger partial charge in [-0.05, 0) is 30.9 Å². The number of rotatable bonds is 5. The Hall–Kier alpha value is -2.02. The quantitative estimate of drug-likeness (QED) is 0.892. The van der Waals surface area contributed by atoms with Crippen molar-refractivity contribution in [2.45, 2.75) is 25.2 Å². The maximum atomic E-state index is 13.4. The second-order valence-electron chi connectivity index (χ2n) is 4.94. The van der Waals surface area contributed by atoms with E-state index >= 15 is 0 Å². The van der Waals surface area contributed by atoms with Crippen molar-refractivity contribution in [1.29, 1.82) is 0 Å². The van der Waals surface area contributed by atoms with Gasteiger partial charge in [0.05, 0.1) is 0 Å². The Labute approximate surface area is 125 Å². The van der Waals surface area contributed by atoms with Crippen LogP contribution in [0.3, 0.4) is 0 Å². The van der Waals surface area contributed by atoms with Crippen molar-refractivity contribution in [1.82, 2.24) is 15.5 Å². The molecule has 0 radical (unpaired) electrons. The molecule has 0 saturated heterocycles. The molecule has 1 aliphatic carbocycles. The van der Waals surface area contributed by atoms with Crippen LogP contribution in [0.15, 0.2) is 24.3 Å². The number of hydrogen-bond donors (Lipinski definition) is 2. The van der Waals surface area contributed by atoms with Crippen LogP contribution in [-0.4, -0.2) is 22.8 Å². The maximum Gasteiger partial charge on any atom is 0.321 e. The summed E-state index contributed by atoms with van der Waals surface area (Å²) in [7, 11) is 0. The standard InChI is InChI=1S/C14H15FN4OS/c15-11-4-2-1-3-9(11)7-8-16-13(20)17-14-19-18-12(21-14)10-5-6-10/h1-4,10H,5-8H2,(H2,16,17,19,20). The molecule has 1 aromatic carbocycles. The number of urea groups is 1. The van der Waals surface area contributed by atoms with Crippen LogP contribution in [0, 0.1) is 5.82 Å². The first-order chi connectivity index (χ1) is 10.2. The highest BCUT2D eigenvalue weighted by molar-refractivity contribution is 7.15. The predicted octanol–water partition coefficient (Wildman–Crippen LogP) is 2.92. The minimum Gasteiger partial charge on any atom is -0.337 e. The van der Waals surface area contributed by atoms with E-state index in [9.17, 15) is 9.18 Å². The summed E-state index contributed by atoms with van der Waals surface area (Å²) in [4.78, 5) is 11.7. The molecular weight excluding hydrogens is 291 g/mol. The Morgan fingerprint density at radius 2 is 2.14 bits per heavy atom. The summed E-state index contributed by atoms with van der Waals surface area (Å²) in [5.74, 6) is 0.278. The van der Waals surface area contributed by atoms with Gasteiger partial charge in [-0.2, -0.15) is 0 Å². The monoisotopic (exact) mass is 306 g/mol. The van der Waals surface area contributed by atoms with Crippen molar-refractivity contribution in [3.8, 4) is 0 Å². The Morgan fingerprint density at radius 3 is 2.90 bits per heavy atom. The lowest BCUT2D eigenvalue weighted by molar-refractivity contribution is 0.252. The zero-order chi connectivity index (χ0) is 14.7. The van der Waals surface area contributed by atoms with Crippen LogP contribution < -0.4 is 10.6 Å². The third-order valence-electron chi connectivity index (χ3n) is 3.23. The van der Waals surface area contributed by atoms with Crippen LogP contribution in [-0.2, 0) is 6.42 Å². The van der Waals surface area contributed by atoms with E-state index in [1.165, 1.54) is 17.4 Å². The number of hydrogen-bond acceptors (Lipinski definition) is 4. The number of anilines is 1. The van der Waals surface area contributed by atoms with Crippen molar-refractivity contribution in [3.63, 3.8) is 0 Å². The highest BCUT2D eigenvalue weighted by Gasteiger charge is 2.27. The van der Waals surface area contributed by atoms with Crippen LogP contribution in [0.2, 0.25) is 0 Å². The molecular formula is C14H15FN4OS. The van der Waals surface area contributed by atoms with Gasteiger partial charge in [0.2, 0.25) is 5.13 Å². The molecule has 2 amide bonds. The van der Waals surface area contributed by atoms with Crippen molar-refractivity contribution in [2.24, 2.45) is 0 Å². The molecule has 1 heterocycles. The van der Waals surface area contributed by atoms with Crippen molar-refractivity contribution >= 4 is 22.5 Å². The van der Waals surface area contributed by atoms with Crippen LogP contribution in [0.5, 0.6) is 0 Å². The average molecular weight is 306 g/mol. The molecule has 0 atom stereocenters. The first-order valence-corrected chi connectivity index (χ1v) is 7.65. The summed E-state index contributed by atoms with van der Waals surface area (Å²) < 4.78 is 13.4. The minimum atomic E-state index is -0.343. The molecule has 2 aromatic rings. The first-order valence-electron chi connectivity index (χ1n) is 6.84. The van der Waals surface area contributed by atoms with Crippen LogP contribution >= 0.6 is 11.3 Å². The van der Waals surface area contributed by atoms with Gasteiger partial charge in [0, 0.05) is 12.5 Å². The van der Waals surface area contributed by atoms with Crippen molar-refractivity contribution < 1.29 is 9.18 Å². The summed E-state index contributed by atoms with van der Waals surface area (Å²) in [6.45, 7) is 0.362. The molecule has 1 aromatic heterocycles. The Bertz CT molecular complexity index is 641. The summed E-state index contributed by atoms with van der Waals surface area (Å²) in [5.41, 5.74) is 0.588. The highest BCUT2D eigenvalue weighted by Crippen LogP contribution is 2.41.